The quantitative estimate of drug-likeness (QED) is 0.941. The van der Waals surface area contributed by atoms with Crippen molar-refractivity contribution >= 4 is 15.9 Å². The van der Waals surface area contributed by atoms with Crippen molar-refractivity contribution < 1.29 is 4.39 Å². The van der Waals surface area contributed by atoms with Crippen LogP contribution in [0.1, 0.15) is 28.6 Å². The summed E-state index contributed by atoms with van der Waals surface area (Å²) in [5.41, 5.74) is 10.2. The Hall–Kier alpha value is -1.20. The molecule has 0 amide bonds. The number of aryl methyl sites for hydroxylation is 2. The normalized spacial score (nSPS) is 12.7. The van der Waals surface area contributed by atoms with Gasteiger partial charge in [0.15, 0.2) is 0 Å². The predicted molar refractivity (Wildman–Crippen MR) is 77.4 cm³/mol. The van der Waals surface area contributed by atoms with E-state index < -0.39 is 0 Å². The van der Waals surface area contributed by atoms with Crippen LogP contribution in [-0.4, -0.2) is 9.78 Å². The average molecular weight is 326 g/mol. The van der Waals surface area contributed by atoms with Gasteiger partial charge in [-0.05, 0) is 47.8 Å². The molecule has 1 unspecified atom stereocenters. The molecule has 0 bridgehead atoms. The number of nitrogens with two attached hydrogens (primary N) is 1. The van der Waals surface area contributed by atoms with Gasteiger partial charge in [0.05, 0.1) is 10.2 Å². The molecule has 0 saturated carbocycles. The van der Waals surface area contributed by atoms with Crippen molar-refractivity contribution in [2.24, 2.45) is 12.8 Å². The fourth-order valence-corrected chi connectivity index (χ4v) is 2.80. The van der Waals surface area contributed by atoms with Gasteiger partial charge in [-0.2, -0.15) is 5.10 Å². The van der Waals surface area contributed by atoms with Crippen molar-refractivity contribution in [3.8, 4) is 0 Å². The first-order valence-corrected chi connectivity index (χ1v) is 6.89. The molecule has 1 aromatic carbocycles. The number of hydrogen-bond donors (Lipinski definition) is 1. The third kappa shape index (κ3) is 2.72. The predicted octanol–water partition coefficient (Wildman–Crippen LogP) is 3.18. The summed E-state index contributed by atoms with van der Waals surface area (Å²) >= 11 is 3.27. The van der Waals surface area contributed by atoms with E-state index in [0.717, 1.165) is 22.5 Å². The van der Waals surface area contributed by atoms with Crippen molar-refractivity contribution in [3.05, 3.63) is 51.0 Å². The van der Waals surface area contributed by atoms with Gasteiger partial charge < -0.3 is 5.73 Å². The number of rotatable bonds is 3. The Labute approximate surface area is 120 Å². The summed E-state index contributed by atoms with van der Waals surface area (Å²) in [4.78, 5) is 0. The zero-order valence-electron chi connectivity index (χ0n) is 11.2. The van der Waals surface area contributed by atoms with Gasteiger partial charge in [-0.1, -0.05) is 12.1 Å². The van der Waals surface area contributed by atoms with Crippen LogP contribution in [0.15, 0.2) is 22.7 Å². The minimum atomic E-state index is -0.260. The molecule has 1 aromatic heterocycles. The highest BCUT2D eigenvalue weighted by Crippen LogP contribution is 2.27. The van der Waals surface area contributed by atoms with Crippen molar-refractivity contribution in [2.75, 3.05) is 0 Å². The summed E-state index contributed by atoms with van der Waals surface area (Å²) < 4.78 is 15.8. The zero-order valence-corrected chi connectivity index (χ0v) is 12.8. The number of benzene rings is 1. The second-order valence-electron chi connectivity index (χ2n) is 4.73. The van der Waals surface area contributed by atoms with Crippen molar-refractivity contribution in [1.29, 1.82) is 0 Å². The summed E-state index contributed by atoms with van der Waals surface area (Å²) in [5.74, 6) is -0.260. The maximum atomic E-state index is 13.5. The smallest absolute Gasteiger partial charge is 0.137 e. The van der Waals surface area contributed by atoms with Crippen LogP contribution in [0.5, 0.6) is 0 Å². The molecule has 102 valence electrons. The van der Waals surface area contributed by atoms with Gasteiger partial charge in [0, 0.05) is 24.3 Å². The van der Waals surface area contributed by atoms with Crippen LogP contribution in [0, 0.1) is 19.7 Å². The van der Waals surface area contributed by atoms with Crippen molar-refractivity contribution in [2.45, 2.75) is 26.3 Å². The van der Waals surface area contributed by atoms with Crippen LogP contribution in [0.25, 0.3) is 0 Å². The number of aromatic nitrogens is 2. The molecule has 2 N–H and O–H groups in total. The Balaban J connectivity index is 2.31. The highest BCUT2D eigenvalue weighted by molar-refractivity contribution is 9.10. The Bertz CT molecular complexity index is 607. The monoisotopic (exact) mass is 325 g/mol. The van der Waals surface area contributed by atoms with Gasteiger partial charge in [-0.25, -0.2) is 4.39 Å². The molecule has 2 aromatic rings. The third-order valence-corrected chi connectivity index (χ3v) is 4.30. The Morgan fingerprint density at radius 3 is 2.68 bits per heavy atom. The lowest BCUT2D eigenvalue weighted by atomic mass is 9.98. The summed E-state index contributed by atoms with van der Waals surface area (Å²) in [6.45, 7) is 3.94. The van der Waals surface area contributed by atoms with Crippen LogP contribution in [0.4, 0.5) is 4.39 Å². The first-order valence-electron chi connectivity index (χ1n) is 6.10. The van der Waals surface area contributed by atoms with Crippen LogP contribution in [0.3, 0.4) is 0 Å². The summed E-state index contributed by atoms with van der Waals surface area (Å²) in [6, 6.07) is 4.82. The Kier molecular flexibility index (Phi) is 4.06. The first kappa shape index (κ1) is 14.2. The third-order valence-electron chi connectivity index (χ3n) is 3.41. The lowest BCUT2D eigenvalue weighted by Crippen LogP contribution is -2.15. The highest BCUT2D eigenvalue weighted by Gasteiger charge is 2.18. The largest absolute Gasteiger partial charge is 0.324 e. The fourth-order valence-electron chi connectivity index (χ4n) is 2.37. The van der Waals surface area contributed by atoms with E-state index in [2.05, 4.69) is 21.0 Å². The second-order valence-corrected chi connectivity index (χ2v) is 5.52. The fraction of sp³-hybridized carbons (Fsp3) is 0.357. The van der Waals surface area contributed by atoms with E-state index in [0.29, 0.717) is 10.9 Å². The molecule has 1 atom stereocenters. The molecule has 0 saturated heterocycles. The van der Waals surface area contributed by atoms with E-state index in [1.807, 2.05) is 31.6 Å². The molecule has 2 rings (SSSR count). The molecule has 0 aliphatic carbocycles. The molecule has 1 heterocycles. The molecule has 5 heteroatoms. The second kappa shape index (κ2) is 5.43. The van der Waals surface area contributed by atoms with E-state index in [4.69, 9.17) is 5.73 Å². The number of hydrogen-bond acceptors (Lipinski definition) is 2. The van der Waals surface area contributed by atoms with Gasteiger partial charge in [-0.15, -0.1) is 0 Å². The molecule has 0 aliphatic rings. The standard InChI is InChI=1S/C14H17BrFN3/c1-8-13(9(2)19(3)18-8)12(17)7-10-5-4-6-11(16)14(10)15/h4-6,12H,7,17H2,1-3H3. The number of halogens is 2. The van der Waals surface area contributed by atoms with Crippen LogP contribution in [0.2, 0.25) is 0 Å². The van der Waals surface area contributed by atoms with E-state index in [-0.39, 0.29) is 11.9 Å². The lowest BCUT2D eigenvalue weighted by molar-refractivity contribution is 0.613. The number of nitrogens with zero attached hydrogens (tertiary/aromatic N) is 2. The SMILES string of the molecule is Cc1nn(C)c(C)c1C(N)Cc1cccc(F)c1Br. The summed E-state index contributed by atoms with van der Waals surface area (Å²) in [6.07, 6.45) is 0.575. The van der Waals surface area contributed by atoms with Crippen molar-refractivity contribution in [3.63, 3.8) is 0 Å². The average Bonchev–Trinajstić information content (AvgIpc) is 2.59. The first-order chi connectivity index (χ1) is 8.91. The zero-order chi connectivity index (χ0) is 14.2. The molecule has 0 radical (unpaired) electrons. The van der Waals surface area contributed by atoms with Crippen LogP contribution in [-0.2, 0) is 13.5 Å². The summed E-state index contributed by atoms with van der Waals surface area (Å²) in [5, 5.41) is 4.36. The molecule has 19 heavy (non-hydrogen) atoms. The Morgan fingerprint density at radius 2 is 2.11 bits per heavy atom. The van der Waals surface area contributed by atoms with E-state index in [1.165, 1.54) is 6.07 Å². The minimum Gasteiger partial charge on any atom is -0.324 e. The van der Waals surface area contributed by atoms with Gasteiger partial charge in [0.1, 0.15) is 5.82 Å². The van der Waals surface area contributed by atoms with E-state index in [9.17, 15) is 4.39 Å². The van der Waals surface area contributed by atoms with Gasteiger partial charge in [0.2, 0.25) is 0 Å². The Morgan fingerprint density at radius 1 is 1.42 bits per heavy atom. The molecule has 0 fully saturated rings. The molecular weight excluding hydrogens is 309 g/mol. The van der Waals surface area contributed by atoms with Gasteiger partial charge in [0.25, 0.3) is 0 Å². The van der Waals surface area contributed by atoms with Crippen molar-refractivity contribution in [1.82, 2.24) is 9.78 Å². The molecular formula is C14H17BrFN3. The molecule has 0 aliphatic heterocycles. The van der Waals surface area contributed by atoms with Gasteiger partial charge >= 0.3 is 0 Å². The molecule has 3 nitrogen and oxygen atoms in total. The van der Waals surface area contributed by atoms with Crippen LogP contribution >= 0.6 is 15.9 Å². The molecule has 0 spiro atoms. The van der Waals surface area contributed by atoms with Gasteiger partial charge in [-0.3, -0.25) is 4.68 Å². The topological polar surface area (TPSA) is 43.8 Å². The maximum absolute atomic E-state index is 13.5. The minimum absolute atomic E-state index is 0.188. The van der Waals surface area contributed by atoms with Crippen LogP contribution < -0.4 is 5.73 Å². The highest BCUT2D eigenvalue weighted by atomic mass is 79.9. The van der Waals surface area contributed by atoms with E-state index >= 15 is 0 Å². The maximum Gasteiger partial charge on any atom is 0.137 e. The lowest BCUT2D eigenvalue weighted by Gasteiger charge is -2.14. The van der Waals surface area contributed by atoms with E-state index in [1.54, 1.807) is 6.07 Å². The summed E-state index contributed by atoms with van der Waals surface area (Å²) in [7, 11) is 1.90.